The third-order valence-corrected chi connectivity index (χ3v) is 4.03. The molecule has 1 aliphatic rings. The van der Waals surface area contributed by atoms with E-state index in [4.69, 9.17) is 5.26 Å². The molecule has 2 heterocycles. The van der Waals surface area contributed by atoms with E-state index in [-0.39, 0.29) is 5.91 Å². The van der Waals surface area contributed by atoms with Crippen molar-refractivity contribution in [1.29, 1.82) is 5.26 Å². The average Bonchev–Trinajstić information content (AvgIpc) is 3.02. The summed E-state index contributed by atoms with van der Waals surface area (Å²) in [6.45, 7) is 1.82. The Kier molecular flexibility index (Phi) is 4.24. The first-order chi connectivity index (χ1) is 11.2. The van der Waals surface area contributed by atoms with E-state index in [1.165, 1.54) is 0 Å². The van der Waals surface area contributed by atoms with Gasteiger partial charge in [0.1, 0.15) is 0 Å². The van der Waals surface area contributed by atoms with Gasteiger partial charge >= 0.3 is 0 Å². The van der Waals surface area contributed by atoms with Crippen molar-refractivity contribution in [2.24, 2.45) is 0 Å². The molecule has 0 radical (unpaired) electrons. The fourth-order valence-corrected chi connectivity index (χ4v) is 2.75. The van der Waals surface area contributed by atoms with Crippen molar-refractivity contribution in [3.63, 3.8) is 0 Å². The van der Waals surface area contributed by atoms with Crippen LogP contribution >= 0.6 is 0 Å². The number of likely N-dealkylation sites (N-methyl/N-ethyl adjacent to an activating group) is 1. The van der Waals surface area contributed by atoms with Crippen LogP contribution in [0.2, 0.25) is 0 Å². The number of likely N-dealkylation sites (tertiary alicyclic amines) is 1. The van der Waals surface area contributed by atoms with Crippen LogP contribution in [0.4, 0.5) is 0 Å². The Labute approximate surface area is 135 Å². The maximum Gasteiger partial charge on any atom is 0.246 e. The van der Waals surface area contributed by atoms with E-state index in [2.05, 4.69) is 17.2 Å². The molecule has 0 N–H and O–H groups in total. The SMILES string of the molecule is CN(Cc1ccc2ncccc2c1)C(=O)C=C1CCN(C#N)C1. The molecule has 5 nitrogen and oxygen atoms in total. The van der Waals surface area contributed by atoms with Gasteiger partial charge in [-0.15, -0.1) is 0 Å². The van der Waals surface area contributed by atoms with Crippen LogP contribution in [0.25, 0.3) is 10.9 Å². The third kappa shape index (κ3) is 3.49. The predicted molar refractivity (Wildman–Crippen MR) is 88.1 cm³/mol. The molecule has 23 heavy (non-hydrogen) atoms. The molecule has 0 atom stereocenters. The standard InChI is InChI=1S/C18H18N4O/c1-21(18(23)10-15-6-8-22(12-15)13-19)11-14-4-5-17-16(9-14)3-2-7-20-17/h2-5,7,9-10H,6,8,11-12H2,1H3. The molecule has 1 aromatic carbocycles. The molecule has 2 aromatic rings. The molecule has 1 aromatic heterocycles. The highest BCUT2D eigenvalue weighted by molar-refractivity contribution is 5.88. The van der Waals surface area contributed by atoms with E-state index in [0.717, 1.165) is 28.5 Å². The first-order valence-corrected chi connectivity index (χ1v) is 7.58. The number of aromatic nitrogens is 1. The number of carbonyl (C=O) groups excluding carboxylic acids is 1. The minimum absolute atomic E-state index is 0.0222. The van der Waals surface area contributed by atoms with Crippen molar-refractivity contribution < 1.29 is 4.79 Å². The van der Waals surface area contributed by atoms with E-state index in [9.17, 15) is 4.79 Å². The number of carbonyl (C=O) groups is 1. The summed E-state index contributed by atoms with van der Waals surface area (Å²) in [5, 5.41) is 9.93. The second-order valence-electron chi connectivity index (χ2n) is 5.80. The van der Waals surface area contributed by atoms with Gasteiger partial charge in [0.25, 0.3) is 0 Å². The lowest BCUT2D eigenvalue weighted by molar-refractivity contribution is -0.125. The quantitative estimate of drug-likeness (QED) is 0.645. The lowest BCUT2D eigenvalue weighted by Gasteiger charge is -2.16. The Morgan fingerprint density at radius 1 is 1.48 bits per heavy atom. The molecule has 1 amide bonds. The molecular weight excluding hydrogens is 288 g/mol. The smallest absolute Gasteiger partial charge is 0.246 e. The molecule has 0 bridgehead atoms. The summed E-state index contributed by atoms with van der Waals surface area (Å²) in [4.78, 5) is 20.0. The number of rotatable bonds is 3. The maximum atomic E-state index is 12.3. The summed E-state index contributed by atoms with van der Waals surface area (Å²) in [5.41, 5.74) is 3.05. The van der Waals surface area contributed by atoms with Crippen LogP contribution < -0.4 is 0 Å². The van der Waals surface area contributed by atoms with Crippen molar-refractivity contribution in [2.45, 2.75) is 13.0 Å². The molecule has 0 unspecified atom stereocenters. The fourth-order valence-electron chi connectivity index (χ4n) is 2.75. The lowest BCUT2D eigenvalue weighted by atomic mass is 10.1. The Morgan fingerprint density at radius 3 is 3.13 bits per heavy atom. The van der Waals surface area contributed by atoms with E-state index in [1.807, 2.05) is 24.3 Å². The number of pyridine rings is 1. The molecule has 3 rings (SSSR count). The average molecular weight is 306 g/mol. The van der Waals surface area contributed by atoms with Gasteiger partial charge in [0.15, 0.2) is 6.19 Å². The van der Waals surface area contributed by atoms with Crippen LogP contribution in [0, 0.1) is 11.5 Å². The molecule has 0 spiro atoms. The zero-order valence-electron chi connectivity index (χ0n) is 13.1. The molecule has 1 fully saturated rings. The van der Waals surface area contributed by atoms with Crippen molar-refractivity contribution >= 4 is 16.8 Å². The highest BCUT2D eigenvalue weighted by Gasteiger charge is 2.17. The first kappa shape index (κ1) is 15.0. The molecule has 0 aliphatic carbocycles. The van der Waals surface area contributed by atoms with Crippen LogP contribution in [0.15, 0.2) is 48.2 Å². The van der Waals surface area contributed by atoms with Crippen molar-refractivity contribution in [2.75, 3.05) is 20.1 Å². The summed E-state index contributed by atoms with van der Waals surface area (Å²) in [7, 11) is 1.80. The summed E-state index contributed by atoms with van der Waals surface area (Å²) in [5.74, 6) is -0.0222. The van der Waals surface area contributed by atoms with Gasteiger partial charge < -0.3 is 9.80 Å². The maximum absolute atomic E-state index is 12.3. The van der Waals surface area contributed by atoms with Crippen LogP contribution in [-0.2, 0) is 11.3 Å². The van der Waals surface area contributed by atoms with Gasteiger partial charge in [-0.3, -0.25) is 9.78 Å². The first-order valence-electron chi connectivity index (χ1n) is 7.58. The van der Waals surface area contributed by atoms with Gasteiger partial charge in [-0.25, -0.2) is 0 Å². The zero-order chi connectivity index (χ0) is 16.2. The third-order valence-electron chi connectivity index (χ3n) is 4.03. The Balaban J connectivity index is 1.68. The molecule has 5 heteroatoms. The fraction of sp³-hybridized carbons (Fsp3) is 0.278. The molecule has 1 saturated heterocycles. The molecular formula is C18H18N4O. The Bertz CT molecular complexity index is 806. The predicted octanol–water partition coefficient (Wildman–Crippen LogP) is 2.31. The Hall–Kier alpha value is -2.87. The number of nitriles is 1. The number of hydrogen-bond donors (Lipinski definition) is 0. The van der Waals surface area contributed by atoms with Crippen molar-refractivity contribution in [3.05, 3.63) is 53.7 Å². The van der Waals surface area contributed by atoms with Gasteiger partial charge in [0.2, 0.25) is 5.91 Å². The number of amides is 1. The summed E-state index contributed by atoms with van der Waals surface area (Å²) in [6.07, 6.45) is 6.34. The second kappa shape index (κ2) is 6.49. The largest absolute Gasteiger partial charge is 0.338 e. The van der Waals surface area contributed by atoms with Crippen LogP contribution in [0.1, 0.15) is 12.0 Å². The minimum Gasteiger partial charge on any atom is -0.338 e. The molecule has 1 aliphatic heterocycles. The number of hydrogen-bond acceptors (Lipinski definition) is 4. The monoisotopic (exact) mass is 306 g/mol. The van der Waals surface area contributed by atoms with Crippen LogP contribution in [-0.4, -0.2) is 40.8 Å². The molecule has 0 saturated carbocycles. The second-order valence-corrected chi connectivity index (χ2v) is 5.80. The van der Waals surface area contributed by atoms with E-state index < -0.39 is 0 Å². The molecule has 116 valence electrons. The van der Waals surface area contributed by atoms with Gasteiger partial charge in [0.05, 0.1) is 5.52 Å². The summed E-state index contributed by atoms with van der Waals surface area (Å²) < 4.78 is 0. The van der Waals surface area contributed by atoms with Crippen LogP contribution in [0.3, 0.4) is 0 Å². The number of nitrogens with zero attached hydrogens (tertiary/aromatic N) is 4. The lowest BCUT2D eigenvalue weighted by Crippen LogP contribution is -2.24. The van der Waals surface area contributed by atoms with Gasteiger partial charge in [-0.1, -0.05) is 12.1 Å². The van der Waals surface area contributed by atoms with Gasteiger partial charge in [0, 0.05) is 44.3 Å². The van der Waals surface area contributed by atoms with E-state index in [0.29, 0.717) is 19.6 Å². The van der Waals surface area contributed by atoms with E-state index in [1.54, 1.807) is 29.1 Å². The highest BCUT2D eigenvalue weighted by Crippen LogP contribution is 2.16. The van der Waals surface area contributed by atoms with Gasteiger partial charge in [-0.05, 0) is 35.8 Å². The van der Waals surface area contributed by atoms with E-state index >= 15 is 0 Å². The number of fused-ring (bicyclic) bond motifs is 1. The zero-order valence-corrected chi connectivity index (χ0v) is 13.1. The minimum atomic E-state index is -0.0222. The van der Waals surface area contributed by atoms with Crippen LogP contribution in [0.5, 0.6) is 0 Å². The summed E-state index contributed by atoms with van der Waals surface area (Å²) >= 11 is 0. The van der Waals surface area contributed by atoms with Gasteiger partial charge in [-0.2, -0.15) is 5.26 Å². The summed E-state index contributed by atoms with van der Waals surface area (Å²) in [6, 6.07) is 9.96. The normalized spacial score (nSPS) is 15.8. The topological polar surface area (TPSA) is 60.2 Å². The van der Waals surface area contributed by atoms with Crippen molar-refractivity contribution in [1.82, 2.24) is 14.8 Å². The highest BCUT2D eigenvalue weighted by atomic mass is 16.2. The number of benzene rings is 1. The van der Waals surface area contributed by atoms with Crippen molar-refractivity contribution in [3.8, 4) is 6.19 Å². The Morgan fingerprint density at radius 2 is 2.35 bits per heavy atom.